The maximum Gasteiger partial charge on any atom is 0.246 e. The van der Waals surface area contributed by atoms with Crippen molar-refractivity contribution in [1.29, 1.82) is 0 Å². The molecule has 2 saturated heterocycles. The van der Waals surface area contributed by atoms with Crippen LogP contribution >= 0.6 is 0 Å². The molecule has 2 aliphatic heterocycles. The number of hydrogen-bond donors (Lipinski definition) is 0. The van der Waals surface area contributed by atoms with Gasteiger partial charge in [0.15, 0.2) is 0 Å². The number of hydrogen-bond acceptors (Lipinski definition) is 6. The summed E-state index contributed by atoms with van der Waals surface area (Å²) in [7, 11) is -3.83. The van der Waals surface area contributed by atoms with Crippen molar-refractivity contribution >= 4 is 21.8 Å². The van der Waals surface area contributed by atoms with Crippen molar-refractivity contribution in [1.82, 2.24) is 14.3 Å². The van der Waals surface area contributed by atoms with E-state index in [1.165, 1.54) is 35.0 Å². The SMILES string of the molecule is O=S(=O)(c1ccccc1F)N1CCN(c2ccnc(N3CCCCC3)n2)CC1. The highest BCUT2D eigenvalue weighted by Crippen LogP contribution is 2.23. The van der Waals surface area contributed by atoms with E-state index in [4.69, 9.17) is 4.98 Å². The number of rotatable bonds is 4. The van der Waals surface area contributed by atoms with E-state index in [9.17, 15) is 12.8 Å². The quantitative estimate of drug-likeness (QED) is 0.776. The minimum Gasteiger partial charge on any atom is -0.354 e. The lowest BCUT2D eigenvalue weighted by Gasteiger charge is -2.35. The highest BCUT2D eigenvalue weighted by atomic mass is 32.2. The second kappa shape index (κ2) is 8.00. The predicted octanol–water partition coefficient (Wildman–Crippen LogP) is 2.12. The summed E-state index contributed by atoms with van der Waals surface area (Å²) in [6, 6.07) is 7.36. The van der Waals surface area contributed by atoms with E-state index in [2.05, 4.69) is 14.8 Å². The Morgan fingerprint density at radius 2 is 1.57 bits per heavy atom. The van der Waals surface area contributed by atoms with Gasteiger partial charge in [-0.25, -0.2) is 17.8 Å². The summed E-state index contributed by atoms with van der Waals surface area (Å²) in [6.45, 7) is 3.53. The Bertz CT molecular complexity index is 925. The van der Waals surface area contributed by atoms with Crippen molar-refractivity contribution in [2.45, 2.75) is 24.2 Å². The zero-order valence-electron chi connectivity index (χ0n) is 15.7. The van der Waals surface area contributed by atoms with Crippen LogP contribution in [0.5, 0.6) is 0 Å². The lowest BCUT2D eigenvalue weighted by molar-refractivity contribution is 0.381. The van der Waals surface area contributed by atoms with E-state index < -0.39 is 15.8 Å². The summed E-state index contributed by atoms with van der Waals surface area (Å²) in [4.78, 5) is 13.1. The molecular formula is C19H24FN5O2S. The first-order chi connectivity index (χ1) is 13.6. The Morgan fingerprint density at radius 3 is 2.29 bits per heavy atom. The molecule has 7 nitrogen and oxygen atoms in total. The van der Waals surface area contributed by atoms with E-state index in [0.717, 1.165) is 37.7 Å². The van der Waals surface area contributed by atoms with Gasteiger partial charge in [-0.05, 0) is 37.5 Å². The summed E-state index contributed by atoms with van der Waals surface area (Å²) < 4.78 is 40.8. The molecule has 1 aromatic carbocycles. The van der Waals surface area contributed by atoms with E-state index >= 15 is 0 Å². The Labute approximate surface area is 164 Å². The van der Waals surface area contributed by atoms with Crippen molar-refractivity contribution in [3.8, 4) is 0 Å². The first-order valence-electron chi connectivity index (χ1n) is 9.63. The first-order valence-corrected chi connectivity index (χ1v) is 11.1. The van der Waals surface area contributed by atoms with Crippen LogP contribution in [0.4, 0.5) is 16.2 Å². The van der Waals surface area contributed by atoms with Crippen LogP contribution in [0.15, 0.2) is 41.4 Å². The van der Waals surface area contributed by atoms with Crippen LogP contribution in [0.3, 0.4) is 0 Å². The van der Waals surface area contributed by atoms with E-state index in [1.807, 2.05) is 6.07 Å². The molecular weight excluding hydrogens is 381 g/mol. The van der Waals surface area contributed by atoms with Gasteiger partial charge in [0.25, 0.3) is 0 Å². The lowest BCUT2D eigenvalue weighted by atomic mass is 10.1. The van der Waals surface area contributed by atoms with Crippen LogP contribution < -0.4 is 9.80 Å². The van der Waals surface area contributed by atoms with Gasteiger partial charge in [0, 0.05) is 45.5 Å². The largest absolute Gasteiger partial charge is 0.354 e. The molecule has 3 heterocycles. The summed E-state index contributed by atoms with van der Waals surface area (Å²) >= 11 is 0. The highest BCUT2D eigenvalue weighted by molar-refractivity contribution is 7.89. The Balaban J connectivity index is 1.45. The molecule has 0 atom stereocenters. The minimum absolute atomic E-state index is 0.266. The molecule has 0 unspecified atom stereocenters. The minimum atomic E-state index is -3.83. The van der Waals surface area contributed by atoms with Crippen LogP contribution in [-0.4, -0.2) is 62.0 Å². The van der Waals surface area contributed by atoms with Crippen molar-refractivity contribution in [3.05, 3.63) is 42.3 Å². The molecule has 0 radical (unpaired) electrons. The molecule has 0 aliphatic carbocycles. The number of anilines is 2. The molecule has 0 amide bonds. The highest BCUT2D eigenvalue weighted by Gasteiger charge is 2.31. The molecule has 150 valence electrons. The number of benzene rings is 1. The summed E-state index contributed by atoms with van der Waals surface area (Å²) in [5.74, 6) is 0.823. The van der Waals surface area contributed by atoms with Gasteiger partial charge in [0.1, 0.15) is 16.5 Å². The Morgan fingerprint density at radius 1 is 0.857 bits per heavy atom. The number of nitrogens with zero attached hydrogens (tertiary/aromatic N) is 5. The molecule has 2 aliphatic rings. The van der Waals surface area contributed by atoms with Crippen LogP contribution in [0.2, 0.25) is 0 Å². The van der Waals surface area contributed by atoms with Gasteiger partial charge in [-0.1, -0.05) is 12.1 Å². The van der Waals surface area contributed by atoms with Crippen molar-refractivity contribution in [2.24, 2.45) is 0 Å². The van der Waals surface area contributed by atoms with Crippen LogP contribution in [0.25, 0.3) is 0 Å². The molecule has 0 bridgehead atoms. The summed E-state index contributed by atoms with van der Waals surface area (Å²) in [5.41, 5.74) is 0. The third-order valence-electron chi connectivity index (χ3n) is 5.28. The smallest absolute Gasteiger partial charge is 0.246 e. The Hall–Kier alpha value is -2.26. The molecule has 0 spiro atoms. The van der Waals surface area contributed by atoms with Gasteiger partial charge in [0.2, 0.25) is 16.0 Å². The molecule has 2 fully saturated rings. The first kappa shape index (κ1) is 19.1. The average Bonchev–Trinajstić information content (AvgIpc) is 2.75. The molecule has 4 rings (SSSR count). The zero-order valence-corrected chi connectivity index (χ0v) is 16.5. The van der Waals surface area contributed by atoms with Gasteiger partial charge in [-0.15, -0.1) is 0 Å². The topological polar surface area (TPSA) is 69.6 Å². The van der Waals surface area contributed by atoms with Crippen molar-refractivity contribution < 1.29 is 12.8 Å². The summed E-state index contributed by atoms with van der Waals surface area (Å²) in [5, 5.41) is 0. The molecule has 0 saturated carbocycles. The monoisotopic (exact) mass is 405 g/mol. The van der Waals surface area contributed by atoms with Crippen molar-refractivity contribution in [2.75, 3.05) is 49.1 Å². The van der Waals surface area contributed by atoms with Crippen LogP contribution in [0.1, 0.15) is 19.3 Å². The van der Waals surface area contributed by atoms with Gasteiger partial charge >= 0.3 is 0 Å². The predicted molar refractivity (Wildman–Crippen MR) is 105 cm³/mol. The lowest BCUT2D eigenvalue weighted by Crippen LogP contribution is -2.49. The van der Waals surface area contributed by atoms with Crippen LogP contribution in [-0.2, 0) is 10.0 Å². The fourth-order valence-electron chi connectivity index (χ4n) is 3.71. The van der Waals surface area contributed by atoms with E-state index in [1.54, 1.807) is 6.20 Å². The average molecular weight is 405 g/mol. The second-order valence-corrected chi connectivity index (χ2v) is 8.99. The van der Waals surface area contributed by atoms with Crippen molar-refractivity contribution in [3.63, 3.8) is 0 Å². The molecule has 0 N–H and O–H groups in total. The number of piperazine rings is 1. The maximum absolute atomic E-state index is 14.0. The third kappa shape index (κ3) is 3.81. The van der Waals surface area contributed by atoms with Gasteiger partial charge in [-0.3, -0.25) is 0 Å². The second-order valence-electron chi connectivity index (χ2n) is 7.08. The number of halogens is 1. The molecule has 1 aromatic heterocycles. The fraction of sp³-hybridized carbons (Fsp3) is 0.474. The van der Waals surface area contributed by atoms with E-state index in [0.29, 0.717) is 26.2 Å². The number of sulfonamides is 1. The third-order valence-corrected chi connectivity index (χ3v) is 7.22. The molecule has 9 heteroatoms. The van der Waals surface area contributed by atoms with Gasteiger partial charge in [-0.2, -0.15) is 9.29 Å². The normalized spacial score (nSPS) is 19.0. The summed E-state index contributed by atoms with van der Waals surface area (Å²) in [6.07, 6.45) is 5.31. The zero-order chi connectivity index (χ0) is 19.6. The number of piperidine rings is 1. The van der Waals surface area contributed by atoms with E-state index in [-0.39, 0.29) is 4.90 Å². The Kier molecular flexibility index (Phi) is 5.45. The van der Waals surface area contributed by atoms with Gasteiger partial charge < -0.3 is 9.80 Å². The number of aromatic nitrogens is 2. The van der Waals surface area contributed by atoms with Gasteiger partial charge in [0.05, 0.1) is 0 Å². The standard InChI is InChI=1S/C19H24FN5O2S/c20-16-6-2-3-7-17(16)28(26,27)25-14-12-23(13-15-25)18-8-9-21-19(22-18)24-10-4-1-5-11-24/h2-3,6-9H,1,4-5,10-15H2. The molecule has 2 aromatic rings. The molecule has 28 heavy (non-hydrogen) atoms. The maximum atomic E-state index is 14.0. The fourth-order valence-corrected chi connectivity index (χ4v) is 5.20. The van der Waals surface area contributed by atoms with Crippen LogP contribution in [0, 0.1) is 5.82 Å².